The lowest BCUT2D eigenvalue weighted by molar-refractivity contribution is -0.0435. The van der Waals surface area contributed by atoms with Crippen LogP contribution >= 0.6 is 0 Å². The van der Waals surface area contributed by atoms with E-state index >= 15 is 0 Å². The normalized spacial score (nSPS) is 21.0. The van der Waals surface area contributed by atoms with Gasteiger partial charge in [0, 0.05) is 12.6 Å². The van der Waals surface area contributed by atoms with Crippen molar-refractivity contribution in [2.75, 3.05) is 11.9 Å². The summed E-state index contributed by atoms with van der Waals surface area (Å²) in [5.74, 6) is -1.06. The Balaban J connectivity index is 1.86. The Kier molecular flexibility index (Phi) is 5.43. The van der Waals surface area contributed by atoms with Crippen molar-refractivity contribution in [1.29, 1.82) is 0 Å². The third-order valence-corrected chi connectivity index (χ3v) is 5.88. The molecule has 1 aliphatic rings. The first-order chi connectivity index (χ1) is 12.7. The van der Waals surface area contributed by atoms with Gasteiger partial charge in [0.15, 0.2) is 0 Å². The lowest BCUT2D eigenvalue weighted by Crippen LogP contribution is -2.31. The number of nitrogens with one attached hydrogen (secondary N) is 1. The summed E-state index contributed by atoms with van der Waals surface area (Å²) in [6, 6.07) is 11.3. The fourth-order valence-corrected chi connectivity index (χ4v) is 3.94. The van der Waals surface area contributed by atoms with E-state index in [1.165, 1.54) is 0 Å². The maximum atomic E-state index is 13.4. The minimum absolute atomic E-state index is 0.263. The lowest BCUT2D eigenvalue weighted by Gasteiger charge is -2.31. The first-order valence-corrected chi connectivity index (χ1v) is 9.71. The van der Waals surface area contributed by atoms with Gasteiger partial charge in [0.05, 0.1) is 11.8 Å². The predicted octanol–water partition coefficient (Wildman–Crippen LogP) is 4.45. The highest BCUT2D eigenvalue weighted by Crippen LogP contribution is 2.36. The predicted molar refractivity (Wildman–Crippen MR) is 91.4 cm³/mol. The molecule has 1 heterocycles. The van der Waals surface area contributed by atoms with E-state index in [4.69, 9.17) is 4.74 Å². The van der Waals surface area contributed by atoms with Crippen LogP contribution in [0.5, 0.6) is 0 Å². The van der Waals surface area contributed by atoms with Crippen molar-refractivity contribution >= 4 is 15.5 Å². The summed E-state index contributed by atoms with van der Waals surface area (Å²) in [5, 5.41) is 2.83. The van der Waals surface area contributed by atoms with Gasteiger partial charge in [-0.1, -0.05) is 30.3 Å². The molecular weight excluding hydrogens is 386 g/mol. The number of anilines is 1. The van der Waals surface area contributed by atoms with Crippen molar-refractivity contribution in [3.63, 3.8) is 0 Å². The molecule has 1 aliphatic heterocycles. The molecule has 1 fully saturated rings. The third kappa shape index (κ3) is 4.24. The fourth-order valence-electron chi connectivity index (χ4n) is 3.01. The average Bonchev–Trinajstić information content (AvgIpc) is 2.63. The van der Waals surface area contributed by atoms with E-state index in [9.17, 15) is 26.0 Å². The van der Waals surface area contributed by atoms with Gasteiger partial charge >= 0.3 is 5.51 Å². The van der Waals surface area contributed by atoms with Crippen molar-refractivity contribution in [3.05, 3.63) is 59.9 Å². The van der Waals surface area contributed by atoms with Gasteiger partial charge in [-0.3, -0.25) is 0 Å². The van der Waals surface area contributed by atoms with E-state index in [0.717, 1.165) is 17.7 Å². The maximum absolute atomic E-state index is 13.4. The van der Waals surface area contributed by atoms with E-state index in [1.807, 2.05) is 30.3 Å². The van der Waals surface area contributed by atoms with Gasteiger partial charge in [-0.2, -0.15) is 13.2 Å². The van der Waals surface area contributed by atoms with Crippen LogP contribution < -0.4 is 5.32 Å². The Morgan fingerprint density at radius 3 is 2.44 bits per heavy atom. The van der Waals surface area contributed by atoms with Crippen LogP contribution in [0.4, 0.5) is 23.2 Å². The van der Waals surface area contributed by atoms with Crippen molar-refractivity contribution in [2.24, 2.45) is 0 Å². The molecule has 146 valence electrons. The molecule has 0 amide bonds. The summed E-state index contributed by atoms with van der Waals surface area (Å²) in [5.41, 5.74) is -4.86. The number of alkyl halides is 3. The summed E-state index contributed by atoms with van der Waals surface area (Å²) in [7, 11) is -5.68. The fraction of sp³-hybridized carbons (Fsp3) is 0.333. The molecule has 2 unspecified atom stereocenters. The molecule has 3 rings (SSSR count). The minimum atomic E-state index is -5.68. The van der Waals surface area contributed by atoms with Crippen LogP contribution in [-0.4, -0.2) is 26.6 Å². The molecule has 1 saturated heterocycles. The van der Waals surface area contributed by atoms with Crippen molar-refractivity contribution in [3.8, 4) is 0 Å². The van der Waals surface area contributed by atoms with Gasteiger partial charge in [0.25, 0.3) is 9.84 Å². The zero-order valence-corrected chi connectivity index (χ0v) is 14.9. The molecule has 0 saturated carbocycles. The quantitative estimate of drug-likeness (QED) is 0.767. The second-order valence-electron chi connectivity index (χ2n) is 6.23. The third-order valence-electron chi connectivity index (χ3n) is 4.35. The van der Waals surface area contributed by atoms with Crippen molar-refractivity contribution in [1.82, 2.24) is 0 Å². The molecule has 0 aliphatic carbocycles. The highest BCUT2D eigenvalue weighted by Gasteiger charge is 2.48. The Morgan fingerprint density at radius 2 is 1.78 bits per heavy atom. The summed E-state index contributed by atoms with van der Waals surface area (Å²) >= 11 is 0. The zero-order chi connectivity index (χ0) is 19.7. The van der Waals surface area contributed by atoms with E-state index in [1.54, 1.807) is 0 Å². The molecule has 2 atom stereocenters. The van der Waals surface area contributed by atoms with Gasteiger partial charge in [-0.15, -0.1) is 0 Å². The van der Waals surface area contributed by atoms with Crippen molar-refractivity contribution < 1.29 is 30.7 Å². The van der Waals surface area contributed by atoms with Crippen LogP contribution in [0.1, 0.15) is 24.5 Å². The zero-order valence-electron chi connectivity index (χ0n) is 14.0. The molecule has 4 nitrogen and oxygen atoms in total. The number of hydrogen-bond acceptors (Lipinski definition) is 4. The van der Waals surface area contributed by atoms with E-state index in [0.29, 0.717) is 25.5 Å². The number of benzene rings is 2. The standard InChI is InChI=1S/C18H17F4NO3S/c19-13-6-7-15(17(10-13)27(24,25)18(20,21)22)23-14-8-9-26-16(11-14)12-4-2-1-3-5-12/h1-7,10,14,16,23H,8-9,11H2. The average molecular weight is 403 g/mol. The highest BCUT2D eigenvalue weighted by atomic mass is 32.2. The first kappa shape index (κ1) is 19.6. The Morgan fingerprint density at radius 1 is 1.07 bits per heavy atom. The molecule has 0 bridgehead atoms. The molecule has 2 aromatic carbocycles. The number of ether oxygens (including phenoxy) is 1. The lowest BCUT2D eigenvalue weighted by atomic mass is 9.97. The largest absolute Gasteiger partial charge is 0.501 e. The van der Waals surface area contributed by atoms with Crippen molar-refractivity contribution in [2.45, 2.75) is 35.4 Å². The molecule has 0 radical (unpaired) electrons. The number of rotatable bonds is 4. The second-order valence-corrected chi connectivity index (χ2v) is 8.14. The highest BCUT2D eigenvalue weighted by molar-refractivity contribution is 7.92. The topological polar surface area (TPSA) is 55.4 Å². The van der Waals surface area contributed by atoms with Crippen LogP contribution in [0.2, 0.25) is 0 Å². The van der Waals surface area contributed by atoms with E-state index < -0.39 is 26.1 Å². The number of halogens is 4. The van der Waals surface area contributed by atoms with Crippen LogP contribution in [0, 0.1) is 5.82 Å². The molecule has 9 heteroatoms. The Hall–Kier alpha value is -2.13. The number of sulfone groups is 1. The molecule has 2 aromatic rings. The maximum Gasteiger partial charge on any atom is 0.501 e. The number of hydrogen-bond donors (Lipinski definition) is 1. The molecule has 0 aromatic heterocycles. The van der Waals surface area contributed by atoms with Gasteiger partial charge in [0.1, 0.15) is 10.7 Å². The first-order valence-electron chi connectivity index (χ1n) is 8.22. The Labute approximate surface area is 154 Å². The monoisotopic (exact) mass is 403 g/mol. The molecule has 1 N–H and O–H groups in total. The molecule has 27 heavy (non-hydrogen) atoms. The summed E-state index contributed by atoms with van der Waals surface area (Å²) in [6.45, 7) is 0.361. The van der Waals surface area contributed by atoms with Crippen LogP contribution in [-0.2, 0) is 14.6 Å². The summed E-state index contributed by atoms with van der Waals surface area (Å²) in [4.78, 5) is -1.11. The van der Waals surface area contributed by atoms with E-state index in [-0.39, 0.29) is 17.8 Å². The molecule has 0 spiro atoms. The van der Waals surface area contributed by atoms with Gasteiger partial charge in [0.2, 0.25) is 0 Å². The minimum Gasteiger partial charge on any atom is -0.381 e. The van der Waals surface area contributed by atoms with Crippen LogP contribution in [0.3, 0.4) is 0 Å². The van der Waals surface area contributed by atoms with Crippen LogP contribution in [0.15, 0.2) is 53.4 Å². The molecular formula is C18H17F4NO3S. The van der Waals surface area contributed by atoms with E-state index in [2.05, 4.69) is 5.32 Å². The van der Waals surface area contributed by atoms with Gasteiger partial charge < -0.3 is 10.1 Å². The summed E-state index contributed by atoms with van der Waals surface area (Å²) < 4.78 is 81.6. The Bertz CT molecular complexity index is 901. The SMILES string of the molecule is O=S(=O)(c1cc(F)ccc1NC1CCOC(c2ccccc2)C1)C(F)(F)F. The van der Waals surface area contributed by atoms with Gasteiger partial charge in [-0.25, -0.2) is 12.8 Å². The van der Waals surface area contributed by atoms with Gasteiger partial charge in [-0.05, 0) is 36.6 Å². The smallest absolute Gasteiger partial charge is 0.381 e. The summed E-state index contributed by atoms with van der Waals surface area (Å²) in [6.07, 6.45) is 0.652. The second kappa shape index (κ2) is 7.47. The van der Waals surface area contributed by atoms with Crippen LogP contribution in [0.25, 0.3) is 0 Å².